The third-order valence-electron chi connectivity index (χ3n) is 1.29. The number of benzene rings is 1. The van der Waals surface area contributed by atoms with Crippen molar-refractivity contribution in [3.63, 3.8) is 0 Å². The molecule has 64 valence electrons. The number of carbonyl (C=O) groups is 1. The highest BCUT2D eigenvalue weighted by Gasteiger charge is 1.84. The third-order valence-corrected chi connectivity index (χ3v) is 1.29. The van der Waals surface area contributed by atoms with Crippen molar-refractivity contribution in [1.82, 2.24) is 5.32 Å². The van der Waals surface area contributed by atoms with Gasteiger partial charge in [-0.15, -0.1) is 0 Å². The smallest absolute Gasteiger partial charge is 0.106 e. The molecule has 0 unspecified atom stereocenters. The average Bonchev–Trinajstić information content (AvgIpc) is 2.19. The molecule has 0 atom stereocenters. The van der Waals surface area contributed by atoms with E-state index in [4.69, 9.17) is 4.79 Å². The van der Waals surface area contributed by atoms with Gasteiger partial charge in [-0.05, 0) is 11.8 Å². The lowest BCUT2D eigenvalue weighted by Gasteiger charge is -1.98. The van der Waals surface area contributed by atoms with E-state index in [9.17, 15) is 0 Å². The van der Waals surface area contributed by atoms with E-state index in [-0.39, 0.29) is 0 Å². The Hall–Kier alpha value is -1.57. The number of rotatable bonds is 3. The molecule has 0 aromatic heterocycles. The highest BCUT2D eigenvalue weighted by molar-refractivity contribution is 5.14. The summed E-state index contributed by atoms with van der Waals surface area (Å²) in [7, 11) is 0. The predicted molar refractivity (Wildman–Crippen MR) is 50.6 cm³/mol. The van der Waals surface area contributed by atoms with Crippen LogP contribution in [0.1, 0.15) is 5.56 Å². The summed E-state index contributed by atoms with van der Waals surface area (Å²) in [6.45, 7) is 6.43. The molecule has 0 heterocycles. The molecule has 2 nitrogen and oxygen atoms in total. The second kappa shape index (κ2) is 7.54. The first kappa shape index (κ1) is 10.4. The SMILES string of the molecule is C=CNCc1ccccc1.C=O. The molecular weight excluding hydrogens is 150 g/mol. The lowest BCUT2D eigenvalue weighted by atomic mass is 10.2. The average molecular weight is 163 g/mol. The first-order chi connectivity index (χ1) is 5.93. The Labute approximate surface area is 72.9 Å². The fourth-order valence-corrected chi connectivity index (χ4v) is 0.786. The van der Waals surface area contributed by atoms with Crippen LogP contribution in [0.5, 0.6) is 0 Å². The van der Waals surface area contributed by atoms with E-state index in [1.54, 1.807) is 6.20 Å². The van der Waals surface area contributed by atoms with Crippen molar-refractivity contribution in [2.24, 2.45) is 0 Å². The molecule has 0 saturated carbocycles. The van der Waals surface area contributed by atoms with E-state index in [0.29, 0.717) is 0 Å². The molecule has 1 aromatic rings. The number of hydrogen-bond donors (Lipinski definition) is 1. The van der Waals surface area contributed by atoms with Crippen LogP contribution in [-0.4, -0.2) is 6.79 Å². The maximum atomic E-state index is 8.00. The molecule has 1 aromatic carbocycles. The van der Waals surface area contributed by atoms with Crippen LogP contribution in [0.15, 0.2) is 43.1 Å². The van der Waals surface area contributed by atoms with E-state index < -0.39 is 0 Å². The van der Waals surface area contributed by atoms with Crippen LogP contribution in [0.2, 0.25) is 0 Å². The molecule has 1 rings (SSSR count). The molecule has 12 heavy (non-hydrogen) atoms. The Morgan fingerprint density at radius 3 is 2.33 bits per heavy atom. The Morgan fingerprint density at radius 2 is 1.83 bits per heavy atom. The van der Waals surface area contributed by atoms with E-state index in [1.807, 2.05) is 25.0 Å². The van der Waals surface area contributed by atoms with Crippen LogP contribution in [-0.2, 0) is 11.3 Å². The molecule has 0 spiro atoms. The lowest BCUT2D eigenvalue weighted by molar-refractivity contribution is -0.0979. The maximum absolute atomic E-state index is 8.00. The molecular formula is C10H13NO. The Bertz CT molecular complexity index is 208. The van der Waals surface area contributed by atoms with Gasteiger partial charge in [0.05, 0.1) is 0 Å². The van der Waals surface area contributed by atoms with Crippen molar-refractivity contribution < 1.29 is 4.79 Å². The molecule has 0 bridgehead atoms. The van der Waals surface area contributed by atoms with E-state index in [2.05, 4.69) is 24.0 Å². The summed E-state index contributed by atoms with van der Waals surface area (Å²) in [6, 6.07) is 10.2. The minimum atomic E-state index is 0.865. The second-order valence-electron chi connectivity index (χ2n) is 2.07. The van der Waals surface area contributed by atoms with Crippen LogP contribution in [0.3, 0.4) is 0 Å². The molecule has 0 aliphatic rings. The number of nitrogens with one attached hydrogen (secondary N) is 1. The van der Waals surface area contributed by atoms with Gasteiger partial charge in [-0.1, -0.05) is 36.9 Å². The minimum absolute atomic E-state index is 0.865. The molecule has 1 N–H and O–H groups in total. The molecule has 0 radical (unpaired) electrons. The van der Waals surface area contributed by atoms with Gasteiger partial charge in [0, 0.05) is 6.54 Å². The quantitative estimate of drug-likeness (QED) is 0.735. The molecule has 0 aliphatic carbocycles. The van der Waals surface area contributed by atoms with Gasteiger partial charge in [-0.2, -0.15) is 0 Å². The minimum Gasteiger partial charge on any atom is -0.387 e. The van der Waals surface area contributed by atoms with Gasteiger partial charge in [-0.25, -0.2) is 0 Å². The van der Waals surface area contributed by atoms with Crippen molar-refractivity contribution >= 4 is 6.79 Å². The summed E-state index contributed by atoms with van der Waals surface area (Å²) in [4.78, 5) is 8.00. The standard InChI is InChI=1S/C9H11N.CH2O/c1-2-10-8-9-6-4-3-5-7-9;1-2/h2-7,10H,1,8H2;1H2. The Morgan fingerprint density at radius 1 is 1.25 bits per heavy atom. The van der Waals surface area contributed by atoms with Crippen LogP contribution < -0.4 is 5.32 Å². The number of carbonyl (C=O) groups excluding carboxylic acids is 1. The van der Waals surface area contributed by atoms with Crippen molar-refractivity contribution in [1.29, 1.82) is 0 Å². The van der Waals surface area contributed by atoms with Crippen molar-refractivity contribution in [3.8, 4) is 0 Å². The highest BCUT2D eigenvalue weighted by Crippen LogP contribution is 1.96. The monoisotopic (exact) mass is 163 g/mol. The summed E-state index contributed by atoms with van der Waals surface area (Å²) in [5.41, 5.74) is 1.28. The topological polar surface area (TPSA) is 29.1 Å². The van der Waals surface area contributed by atoms with Crippen LogP contribution >= 0.6 is 0 Å². The van der Waals surface area contributed by atoms with E-state index in [0.717, 1.165) is 6.54 Å². The maximum Gasteiger partial charge on any atom is 0.106 e. The van der Waals surface area contributed by atoms with Gasteiger partial charge in [-0.3, -0.25) is 0 Å². The van der Waals surface area contributed by atoms with Gasteiger partial charge in [0.2, 0.25) is 0 Å². The zero-order valence-corrected chi connectivity index (χ0v) is 6.99. The lowest BCUT2D eigenvalue weighted by Crippen LogP contribution is -2.02. The van der Waals surface area contributed by atoms with Gasteiger partial charge in [0.25, 0.3) is 0 Å². The van der Waals surface area contributed by atoms with E-state index in [1.165, 1.54) is 5.56 Å². The molecule has 0 aliphatic heterocycles. The van der Waals surface area contributed by atoms with Gasteiger partial charge in [0.15, 0.2) is 0 Å². The fraction of sp³-hybridized carbons (Fsp3) is 0.100. The van der Waals surface area contributed by atoms with E-state index >= 15 is 0 Å². The van der Waals surface area contributed by atoms with Crippen molar-refractivity contribution in [3.05, 3.63) is 48.7 Å². The van der Waals surface area contributed by atoms with Crippen LogP contribution in [0.4, 0.5) is 0 Å². The summed E-state index contributed by atoms with van der Waals surface area (Å²) in [5, 5.41) is 3.03. The summed E-state index contributed by atoms with van der Waals surface area (Å²) in [5.74, 6) is 0. The normalized spacial score (nSPS) is 7.67. The van der Waals surface area contributed by atoms with Crippen molar-refractivity contribution in [2.45, 2.75) is 6.54 Å². The fourth-order valence-electron chi connectivity index (χ4n) is 0.786. The predicted octanol–water partition coefficient (Wildman–Crippen LogP) is 1.73. The Balaban J connectivity index is 0.000000561. The van der Waals surface area contributed by atoms with Crippen LogP contribution in [0, 0.1) is 0 Å². The van der Waals surface area contributed by atoms with Gasteiger partial charge >= 0.3 is 0 Å². The Kier molecular flexibility index (Phi) is 6.55. The highest BCUT2D eigenvalue weighted by atomic mass is 16.1. The van der Waals surface area contributed by atoms with Gasteiger partial charge in [0.1, 0.15) is 6.79 Å². The van der Waals surface area contributed by atoms with Crippen LogP contribution in [0.25, 0.3) is 0 Å². The zero-order valence-electron chi connectivity index (χ0n) is 6.99. The summed E-state index contributed by atoms with van der Waals surface area (Å²) in [6.07, 6.45) is 1.70. The molecule has 0 amide bonds. The summed E-state index contributed by atoms with van der Waals surface area (Å²) >= 11 is 0. The first-order valence-electron chi connectivity index (χ1n) is 3.60. The third kappa shape index (κ3) is 4.28. The summed E-state index contributed by atoms with van der Waals surface area (Å²) < 4.78 is 0. The second-order valence-corrected chi connectivity index (χ2v) is 2.07. The van der Waals surface area contributed by atoms with Gasteiger partial charge < -0.3 is 10.1 Å². The first-order valence-corrected chi connectivity index (χ1v) is 3.60. The molecule has 2 heteroatoms. The van der Waals surface area contributed by atoms with Crippen molar-refractivity contribution in [2.75, 3.05) is 0 Å². The largest absolute Gasteiger partial charge is 0.387 e. The molecule has 0 fully saturated rings. The molecule has 0 saturated heterocycles. The number of hydrogen-bond acceptors (Lipinski definition) is 2. The zero-order chi connectivity index (χ0) is 9.23.